The molecular weight excluding hydrogens is 282 g/mol. The first-order chi connectivity index (χ1) is 10.2. The van der Waals surface area contributed by atoms with E-state index in [1.807, 2.05) is 12.1 Å². The number of hydrogen-bond donors (Lipinski definition) is 1. The first kappa shape index (κ1) is 14.6. The number of aromatic nitrogens is 2. The minimum atomic E-state index is 0.358. The predicted octanol–water partition coefficient (Wildman–Crippen LogP) is 3.75. The maximum absolute atomic E-state index is 5.54. The molecule has 2 heterocycles. The molecule has 1 atom stereocenters. The molecule has 21 heavy (non-hydrogen) atoms. The number of likely N-dealkylation sites (tertiary alicyclic amines) is 1. The number of imidazole rings is 1. The van der Waals surface area contributed by atoms with Gasteiger partial charge in [0.1, 0.15) is 11.3 Å². The quantitative estimate of drug-likeness (QED) is 0.873. The highest BCUT2D eigenvalue weighted by Gasteiger charge is 2.18. The molecule has 2 aromatic rings. The van der Waals surface area contributed by atoms with E-state index < -0.39 is 0 Å². The number of benzene rings is 1. The second-order valence-corrected chi connectivity index (χ2v) is 6.25. The average Bonchev–Trinajstić information content (AvgIpc) is 2.84. The van der Waals surface area contributed by atoms with Crippen LogP contribution < -0.4 is 4.74 Å². The Morgan fingerprint density at radius 3 is 2.76 bits per heavy atom. The Bertz CT molecular complexity index is 670. The van der Waals surface area contributed by atoms with Gasteiger partial charge in [-0.3, -0.25) is 0 Å². The summed E-state index contributed by atoms with van der Waals surface area (Å²) >= 11 is 5.54. The van der Waals surface area contributed by atoms with Crippen molar-refractivity contribution in [2.24, 2.45) is 0 Å². The van der Waals surface area contributed by atoms with E-state index in [-0.39, 0.29) is 0 Å². The Kier molecular flexibility index (Phi) is 4.31. The lowest BCUT2D eigenvalue weighted by Crippen LogP contribution is -2.34. The van der Waals surface area contributed by atoms with Gasteiger partial charge >= 0.3 is 0 Å². The summed E-state index contributed by atoms with van der Waals surface area (Å²) in [6.07, 6.45) is 4.01. The van der Waals surface area contributed by atoms with Crippen LogP contribution in [0.3, 0.4) is 0 Å². The lowest BCUT2D eigenvalue weighted by molar-refractivity contribution is 0.202. The number of para-hydroxylation sites is 1. The molecule has 0 spiro atoms. The zero-order chi connectivity index (χ0) is 14.8. The zero-order valence-electron chi connectivity index (χ0n) is 12.8. The Morgan fingerprint density at radius 1 is 1.29 bits per heavy atom. The summed E-state index contributed by atoms with van der Waals surface area (Å²) in [6.45, 7) is 5.72. The van der Waals surface area contributed by atoms with Crippen LogP contribution in [0.25, 0.3) is 11.0 Å². The van der Waals surface area contributed by atoms with Gasteiger partial charge < -0.3 is 19.2 Å². The van der Waals surface area contributed by atoms with Crippen LogP contribution in [-0.2, 0) is 0 Å². The molecular formula is C16H23N3OS. The number of rotatable bonds is 4. The highest BCUT2D eigenvalue weighted by atomic mass is 32.1. The summed E-state index contributed by atoms with van der Waals surface area (Å²) in [5.41, 5.74) is 2.12. The maximum atomic E-state index is 5.54. The fourth-order valence-electron chi connectivity index (χ4n) is 3.33. The molecule has 1 N–H and O–H groups in total. The van der Waals surface area contributed by atoms with Crippen LogP contribution in [0.5, 0.6) is 5.75 Å². The average molecular weight is 305 g/mol. The molecule has 1 saturated heterocycles. The number of nitrogens with zero attached hydrogens (tertiary/aromatic N) is 2. The van der Waals surface area contributed by atoms with E-state index in [2.05, 4.69) is 27.4 Å². The normalized spacial score (nSPS) is 18.0. The molecule has 1 aromatic heterocycles. The number of nitrogens with one attached hydrogen (secondary N) is 1. The summed E-state index contributed by atoms with van der Waals surface area (Å²) in [7, 11) is 1.69. The van der Waals surface area contributed by atoms with Gasteiger partial charge in [-0.05, 0) is 57.2 Å². The number of H-pyrrole nitrogens is 1. The summed E-state index contributed by atoms with van der Waals surface area (Å²) < 4.78 is 8.43. The molecule has 1 aromatic carbocycles. The van der Waals surface area contributed by atoms with Crippen molar-refractivity contribution in [3.63, 3.8) is 0 Å². The summed E-state index contributed by atoms with van der Waals surface area (Å²) in [5.74, 6) is 0.850. The summed E-state index contributed by atoms with van der Waals surface area (Å²) in [5, 5.41) is 0. The van der Waals surface area contributed by atoms with Gasteiger partial charge in [-0.1, -0.05) is 12.5 Å². The minimum absolute atomic E-state index is 0.358. The van der Waals surface area contributed by atoms with Crippen molar-refractivity contribution in [2.75, 3.05) is 26.7 Å². The monoisotopic (exact) mass is 305 g/mol. The third kappa shape index (κ3) is 2.85. The molecule has 1 aliphatic heterocycles. The van der Waals surface area contributed by atoms with Crippen LogP contribution in [-0.4, -0.2) is 41.2 Å². The maximum Gasteiger partial charge on any atom is 0.178 e. The third-order valence-electron chi connectivity index (χ3n) is 4.35. The van der Waals surface area contributed by atoms with Crippen LogP contribution in [0.1, 0.15) is 32.2 Å². The molecule has 1 fully saturated rings. The molecule has 3 rings (SSSR count). The van der Waals surface area contributed by atoms with E-state index in [0.717, 1.165) is 28.1 Å². The van der Waals surface area contributed by atoms with Crippen LogP contribution in [0.2, 0.25) is 0 Å². The number of ether oxygens (including phenoxy) is 1. The van der Waals surface area contributed by atoms with Gasteiger partial charge in [-0.2, -0.15) is 0 Å². The smallest absolute Gasteiger partial charge is 0.178 e. The van der Waals surface area contributed by atoms with E-state index in [1.165, 1.54) is 32.4 Å². The zero-order valence-corrected chi connectivity index (χ0v) is 13.6. The van der Waals surface area contributed by atoms with Gasteiger partial charge in [0.15, 0.2) is 4.77 Å². The molecule has 0 saturated carbocycles. The largest absolute Gasteiger partial charge is 0.494 e. The van der Waals surface area contributed by atoms with Crippen LogP contribution in [0.15, 0.2) is 18.2 Å². The first-order valence-electron chi connectivity index (χ1n) is 7.70. The number of aromatic amines is 1. The fraction of sp³-hybridized carbons (Fsp3) is 0.562. The molecule has 1 unspecified atom stereocenters. The fourth-order valence-corrected chi connectivity index (χ4v) is 3.71. The second-order valence-electron chi connectivity index (χ2n) is 5.86. The van der Waals surface area contributed by atoms with Crippen molar-refractivity contribution in [3.8, 4) is 5.75 Å². The number of fused-ring (bicyclic) bond motifs is 1. The Labute approximate surface area is 130 Å². The molecule has 0 amide bonds. The van der Waals surface area contributed by atoms with Gasteiger partial charge in [-0.25, -0.2) is 0 Å². The summed E-state index contributed by atoms with van der Waals surface area (Å²) in [4.78, 5) is 5.85. The van der Waals surface area contributed by atoms with E-state index in [9.17, 15) is 0 Å². The van der Waals surface area contributed by atoms with E-state index in [1.54, 1.807) is 7.11 Å². The van der Waals surface area contributed by atoms with Gasteiger partial charge in [0.05, 0.1) is 12.6 Å². The molecule has 5 heteroatoms. The lowest BCUT2D eigenvalue weighted by atomic mass is 10.1. The Hall–Kier alpha value is -1.33. The van der Waals surface area contributed by atoms with Crippen LogP contribution in [0.4, 0.5) is 0 Å². The van der Waals surface area contributed by atoms with Crippen molar-refractivity contribution >= 4 is 23.3 Å². The van der Waals surface area contributed by atoms with Crippen molar-refractivity contribution in [2.45, 2.75) is 32.2 Å². The van der Waals surface area contributed by atoms with Gasteiger partial charge in [0.25, 0.3) is 0 Å². The van der Waals surface area contributed by atoms with E-state index in [0.29, 0.717) is 6.04 Å². The lowest BCUT2D eigenvalue weighted by Gasteiger charge is -2.29. The van der Waals surface area contributed by atoms with Crippen molar-refractivity contribution in [1.82, 2.24) is 14.5 Å². The molecule has 0 radical (unpaired) electrons. The van der Waals surface area contributed by atoms with Gasteiger partial charge in [-0.15, -0.1) is 0 Å². The second kappa shape index (κ2) is 6.20. The standard InChI is InChI=1S/C16H23N3OS/c1-12(11-18-9-4-3-5-10-18)19-13-7-6-8-14(20-2)15(13)17-16(19)21/h6-8,12H,3-5,9-11H2,1-2H3,(H,17,21). The number of methoxy groups -OCH3 is 1. The predicted molar refractivity (Wildman–Crippen MR) is 88.7 cm³/mol. The van der Waals surface area contributed by atoms with Crippen molar-refractivity contribution in [1.29, 1.82) is 0 Å². The van der Waals surface area contributed by atoms with Gasteiger partial charge in [0, 0.05) is 12.6 Å². The van der Waals surface area contributed by atoms with E-state index >= 15 is 0 Å². The highest BCUT2D eigenvalue weighted by molar-refractivity contribution is 7.71. The molecule has 0 bridgehead atoms. The molecule has 1 aliphatic rings. The van der Waals surface area contributed by atoms with Crippen molar-refractivity contribution in [3.05, 3.63) is 23.0 Å². The Balaban J connectivity index is 1.92. The number of hydrogen-bond acceptors (Lipinski definition) is 3. The van der Waals surface area contributed by atoms with Crippen LogP contribution in [0, 0.1) is 4.77 Å². The van der Waals surface area contributed by atoms with Crippen LogP contribution >= 0.6 is 12.2 Å². The number of piperidine rings is 1. The summed E-state index contributed by atoms with van der Waals surface area (Å²) in [6, 6.07) is 6.45. The van der Waals surface area contributed by atoms with E-state index in [4.69, 9.17) is 17.0 Å². The third-order valence-corrected chi connectivity index (χ3v) is 4.65. The molecule has 4 nitrogen and oxygen atoms in total. The Morgan fingerprint density at radius 2 is 2.05 bits per heavy atom. The minimum Gasteiger partial charge on any atom is -0.494 e. The first-order valence-corrected chi connectivity index (χ1v) is 8.11. The SMILES string of the molecule is COc1cccc2c1[nH]c(=S)n2C(C)CN1CCCCC1. The molecule has 0 aliphatic carbocycles. The van der Waals surface area contributed by atoms with Gasteiger partial charge in [0.2, 0.25) is 0 Å². The molecule has 114 valence electrons. The highest BCUT2D eigenvalue weighted by Crippen LogP contribution is 2.27. The topological polar surface area (TPSA) is 33.2 Å². The van der Waals surface area contributed by atoms with Crippen molar-refractivity contribution < 1.29 is 4.74 Å².